The van der Waals surface area contributed by atoms with Crippen molar-refractivity contribution in [3.8, 4) is 0 Å². The Hall–Kier alpha value is -1.46. The third-order valence-corrected chi connectivity index (χ3v) is 2.38. The molecule has 6 nitrogen and oxygen atoms in total. The molecule has 112 valence electrons. The molecule has 0 saturated heterocycles. The summed E-state index contributed by atoms with van der Waals surface area (Å²) in [5.74, 6) is 0. The molecule has 0 aliphatic carbocycles. The molecule has 0 rings (SSSR count). The summed E-state index contributed by atoms with van der Waals surface area (Å²) >= 11 is 0. The monoisotopic (exact) mass is 274 g/mol. The molecule has 2 N–H and O–H groups in total. The van der Waals surface area contributed by atoms with Crippen molar-refractivity contribution in [2.75, 3.05) is 19.8 Å². The van der Waals surface area contributed by atoms with Crippen molar-refractivity contribution in [2.45, 2.75) is 52.5 Å². The summed E-state index contributed by atoms with van der Waals surface area (Å²) in [6.45, 7) is 6.99. The predicted molar refractivity (Wildman–Crippen MR) is 73.1 cm³/mol. The van der Waals surface area contributed by atoms with Crippen molar-refractivity contribution in [3.05, 3.63) is 0 Å². The Morgan fingerprint density at radius 1 is 1.00 bits per heavy atom. The fourth-order valence-corrected chi connectivity index (χ4v) is 1.20. The van der Waals surface area contributed by atoms with Gasteiger partial charge in [0.15, 0.2) is 0 Å². The van der Waals surface area contributed by atoms with Crippen LogP contribution < -0.4 is 10.6 Å². The van der Waals surface area contributed by atoms with Crippen molar-refractivity contribution in [3.63, 3.8) is 0 Å². The molecule has 0 aliphatic rings. The lowest BCUT2D eigenvalue weighted by Crippen LogP contribution is -2.42. The summed E-state index contributed by atoms with van der Waals surface area (Å²) in [6.07, 6.45) is 2.75. The zero-order chi connectivity index (χ0) is 14.5. The van der Waals surface area contributed by atoms with Crippen LogP contribution >= 0.6 is 0 Å². The Balaban J connectivity index is 3.59. The summed E-state index contributed by atoms with van der Waals surface area (Å²) in [5.41, 5.74) is 0. The molecule has 1 atom stereocenters. The van der Waals surface area contributed by atoms with Crippen LogP contribution in [0.15, 0.2) is 0 Å². The van der Waals surface area contributed by atoms with Crippen LogP contribution in [0.1, 0.15) is 46.5 Å². The van der Waals surface area contributed by atoms with Crippen LogP contribution in [-0.4, -0.2) is 38.0 Å². The maximum absolute atomic E-state index is 11.3. The number of nitrogens with one attached hydrogen (secondary N) is 2. The minimum absolute atomic E-state index is 0.201. The minimum Gasteiger partial charge on any atom is -0.450 e. The van der Waals surface area contributed by atoms with E-state index in [-0.39, 0.29) is 6.04 Å². The Morgan fingerprint density at radius 2 is 1.53 bits per heavy atom. The molecule has 2 amide bonds. The van der Waals surface area contributed by atoms with Crippen LogP contribution in [0.2, 0.25) is 0 Å². The second kappa shape index (κ2) is 11.6. The van der Waals surface area contributed by atoms with E-state index < -0.39 is 12.2 Å². The van der Waals surface area contributed by atoms with Gasteiger partial charge in [0.2, 0.25) is 0 Å². The van der Waals surface area contributed by atoms with Gasteiger partial charge in [0, 0.05) is 12.6 Å². The number of carbonyl (C=O) groups excluding carboxylic acids is 2. The quantitative estimate of drug-likeness (QED) is 0.633. The van der Waals surface area contributed by atoms with Gasteiger partial charge in [0.1, 0.15) is 0 Å². The molecule has 0 bridgehead atoms. The number of carbonyl (C=O) groups is 2. The molecule has 6 heteroatoms. The molecule has 0 fully saturated rings. The average Bonchev–Trinajstić information content (AvgIpc) is 2.37. The molecule has 0 aromatic heterocycles. The normalized spacial score (nSPS) is 11.5. The Kier molecular flexibility index (Phi) is 10.7. The second-order valence-electron chi connectivity index (χ2n) is 4.41. The number of amides is 2. The average molecular weight is 274 g/mol. The van der Waals surface area contributed by atoms with Crippen molar-refractivity contribution in [2.24, 2.45) is 0 Å². The van der Waals surface area contributed by atoms with E-state index in [1.807, 2.05) is 13.8 Å². The lowest BCUT2D eigenvalue weighted by atomic mass is 10.3. The van der Waals surface area contributed by atoms with E-state index in [1.54, 1.807) is 6.92 Å². The zero-order valence-corrected chi connectivity index (χ0v) is 12.2. The van der Waals surface area contributed by atoms with Crippen molar-refractivity contribution >= 4 is 12.2 Å². The molecular weight excluding hydrogens is 248 g/mol. The molecule has 19 heavy (non-hydrogen) atoms. The van der Waals surface area contributed by atoms with Gasteiger partial charge < -0.3 is 20.1 Å². The van der Waals surface area contributed by atoms with Gasteiger partial charge in [-0.15, -0.1) is 0 Å². The first-order valence-corrected chi connectivity index (χ1v) is 6.94. The molecular formula is C13H26N2O4. The second-order valence-corrected chi connectivity index (χ2v) is 4.41. The van der Waals surface area contributed by atoms with Gasteiger partial charge in [-0.3, -0.25) is 0 Å². The van der Waals surface area contributed by atoms with E-state index in [0.717, 1.165) is 25.7 Å². The van der Waals surface area contributed by atoms with Gasteiger partial charge in [-0.2, -0.15) is 0 Å². The van der Waals surface area contributed by atoms with Crippen molar-refractivity contribution < 1.29 is 19.1 Å². The van der Waals surface area contributed by atoms with Crippen LogP contribution in [-0.2, 0) is 9.47 Å². The Morgan fingerprint density at radius 3 is 2.05 bits per heavy atom. The van der Waals surface area contributed by atoms with Gasteiger partial charge in [0.25, 0.3) is 0 Å². The van der Waals surface area contributed by atoms with Crippen LogP contribution in [0.5, 0.6) is 0 Å². The van der Waals surface area contributed by atoms with Crippen molar-refractivity contribution in [1.82, 2.24) is 10.6 Å². The van der Waals surface area contributed by atoms with E-state index in [9.17, 15) is 9.59 Å². The highest BCUT2D eigenvalue weighted by molar-refractivity contribution is 5.68. The third kappa shape index (κ3) is 11.4. The van der Waals surface area contributed by atoms with Gasteiger partial charge in [-0.1, -0.05) is 26.7 Å². The Labute approximate surface area is 115 Å². The van der Waals surface area contributed by atoms with Crippen LogP contribution in [0, 0.1) is 0 Å². The SMILES string of the molecule is CCCCOC(=O)NCC(C)NC(=O)OCCCC. The fraction of sp³-hybridized carbons (Fsp3) is 0.846. The van der Waals surface area contributed by atoms with Crippen molar-refractivity contribution in [1.29, 1.82) is 0 Å². The standard InChI is InChI=1S/C13H26N2O4/c1-4-6-8-18-12(16)14-10-11(3)15-13(17)19-9-7-5-2/h11H,4-10H2,1-3H3,(H,14,16)(H,15,17). The first-order chi connectivity index (χ1) is 9.10. The first-order valence-electron chi connectivity index (χ1n) is 6.94. The lowest BCUT2D eigenvalue weighted by molar-refractivity contribution is 0.136. The third-order valence-electron chi connectivity index (χ3n) is 2.38. The van der Waals surface area contributed by atoms with Crippen LogP contribution in [0.25, 0.3) is 0 Å². The first kappa shape index (κ1) is 17.5. The van der Waals surface area contributed by atoms with Gasteiger partial charge >= 0.3 is 12.2 Å². The molecule has 0 radical (unpaired) electrons. The molecule has 0 spiro atoms. The van der Waals surface area contributed by atoms with E-state index in [0.29, 0.717) is 19.8 Å². The molecule has 0 aliphatic heterocycles. The van der Waals surface area contributed by atoms with Gasteiger partial charge in [0.05, 0.1) is 13.2 Å². The molecule has 0 saturated carbocycles. The van der Waals surface area contributed by atoms with E-state index >= 15 is 0 Å². The molecule has 0 aromatic carbocycles. The summed E-state index contributed by atoms with van der Waals surface area (Å²) in [7, 11) is 0. The topological polar surface area (TPSA) is 76.7 Å². The maximum atomic E-state index is 11.3. The number of hydrogen-bond donors (Lipinski definition) is 2. The van der Waals surface area contributed by atoms with Gasteiger partial charge in [-0.05, 0) is 19.8 Å². The number of hydrogen-bond acceptors (Lipinski definition) is 4. The van der Waals surface area contributed by atoms with E-state index in [2.05, 4.69) is 10.6 Å². The van der Waals surface area contributed by atoms with Crippen LogP contribution in [0.3, 0.4) is 0 Å². The highest BCUT2D eigenvalue weighted by atomic mass is 16.6. The summed E-state index contributed by atoms with van der Waals surface area (Å²) in [4.78, 5) is 22.5. The van der Waals surface area contributed by atoms with E-state index in [1.165, 1.54) is 0 Å². The number of rotatable bonds is 9. The largest absolute Gasteiger partial charge is 0.450 e. The zero-order valence-electron chi connectivity index (χ0n) is 12.2. The van der Waals surface area contributed by atoms with Crippen LogP contribution in [0.4, 0.5) is 9.59 Å². The lowest BCUT2D eigenvalue weighted by Gasteiger charge is -2.14. The maximum Gasteiger partial charge on any atom is 0.407 e. The fourth-order valence-electron chi connectivity index (χ4n) is 1.20. The molecule has 0 aromatic rings. The molecule has 0 heterocycles. The van der Waals surface area contributed by atoms with Gasteiger partial charge in [-0.25, -0.2) is 9.59 Å². The van der Waals surface area contributed by atoms with E-state index in [4.69, 9.17) is 9.47 Å². The number of unbranched alkanes of at least 4 members (excludes halogenated alkanes) is 2. The number of alkyl carbamates (subject to hydrolysis) is 2. The Bertz CT molecular complexity index is 259. The summed E-state index contributed by atoms with van der Waals surface area (Å²) in [5, 5.41) is 5.21. The number of ether oxygens (including phenoxy) is 2. The predicted octanol–water partition coefficient (Wildman–Crippen LogP) is 2.43. The summed E-state index contributed by atoms with van der Waals surface area (Å²) < 4.78 is 9.87. The minimum atomic E-state index is -0.457. The smallest absolute Gasteiger partial charge is 0.407 e. The molecule has 1 unspecified atom stereocenters. The summed E-state index contributed by atoms with van der Waals surface area (Å²) in [6, 6.07) is -0.201. The highest BCUT2D eigenvalue weighted by Crippen LogP contribution is 1.91. The highest BCUT2D eigenvalue weighted by Gasteiger charge is 2.09.